The fourth-order valence-corrected chi connectivity index (χ4v) is 2.33. The molecule has 2 aromatic rings. The monoisotopic (exact) mass is 289 g/mol. The highest BCUT2D eigenvalue weighted by molar-refractivity contribution is 5.80. The molecular formula is C17H27N3O. The van der Waals surface area contributed by atoms with Gasteiger partial charge in [-0.2, -0.15) is 0 Å². The lowest BCUT2D eigenvalue weighted by molar-refractivity contribution is 0.124. The standard InChI is InChI=1S/C17H27N3O/c1-4-5-10-21-11-9-20-13-15(12-19-14(2)3)16-7-6-8-18-17(16)20/h6-8,13-14,19H,4-5,9-12H2,1-3H3. The Bertz CT molecular complexity index is 548. The minimum Gasteiger partial charge on any atom is -0.380 e. The number of fused-ring (bicyclic) bond motifs is 1. The maximum atomic E-state index is 5.67. The zero-order valence-corrected chi connectivity index (χ0v) is 13.4. The number of pyridine rings is 1. The Balaban J connectivity index is 2.04. The molecule has 116 valence electrons. The summed E-state index contributed by atoms with van der Waals surface area (Å²) in [5.74, 6) is 0. The predicted molar refractivity (Wildman–Crippen MR) is 87.4 cm³/mol. The van der Waals surface area contributed by atoms with Crippen molar-refractivity contribution in [2.45, 2.75) is 52.7 Å². The van der Waals surface area contributed by atoms with Gasteiger partial charge in [0.25, 0.3) is 0 Å². The Morgan fingerprint density at radius 1 is 1.33 bits per heavy atom. The lowest BCUT2D eigenvalue weighted by Gasteiger charge is -2.06. The van der Waals surface area contributed by atoms with Gasteiger partial charge >= 0.3 is 0 Å². The quantitative estimate of drug-likeness (QED) is 0.720. The fraction of sp³-hybridized carbons (Fsp3) is 0.588. The van der Waals surface area contributed by atoms with Crippen LogP contribution in [0.1, 0.15) is 39.2 Å². The molecule has 0 radical (unpaired) electrons. The number of aromatic nitrogens is 2. The second kappa shape index (κ2) is 8.15. The van der Waals surface area contributed by atoms with Crippen LogP contribution in [0.5, 0.6) is 0 Å². The normalized spacial score (nSPS) is 11.6. The van der Waals surface area contributed by atoms with Crippen molar-refractivity contribution in [3.8, 4) is 0 Å². The second-order valence-corrected chi connectivity index (χ2v) is 5.72. The highest BCUT2D eigenvalue weighted by atomic mass is 16.5. The zero-order chi connectivity index (χ0) is 15.1. The SMILES string of the molecule is CCCCOCCn1cc(CNC(C)C)c2cccnc21. The lowest BCUT2D eigenvalue weighted by atomic mass is 10.2. The number of ether oxygens (including phenoxy) is 1. The maximum Gasteiger partial charge on any atom is 0.140 e. The molecule has 4 heteroatoms. The molecular weight excluding hydrogens is 262 g/mol. The summed E-state index contributed by atoms with van der Waals surface area (Å²) in [6, 6.07) is 4.63. The Hall–Kier alpha value is -1.39. The van der Waals surface area contributed by atoms with Crippen LogP contribution < -0.4 is 5.32 Å². The fourth-order valence-electron chi connectivity index (χ4n) is 2.33. The molecule has 0 aliphatic carbocycles. The van der Waals surface area contributed by atoms with E-state index in [0.717, 1.165) is 38.4 Å². The minimum absolute atomic E-state index is 0.484. The van der Waals surface area contributed by atoms with Gasteiger partial charge in [0.1, 0.15) is 5.65 Å². The Labute approximate surface area is 127 Å². The van der Waals surface area contributed by atoms with E-state index in [-0.39, 0.29) is 0 Å². The molecule has 0 amide bonds. The van der Waals surface area contributed by atoms with E-state index in [1.165, 1.54) is 17.4 Å². The van der Waals surface area contributed by atoms with Crippen LogP contribution in [0, 0.1) is 0 Å². The average molecular weight is 289 g/mol. The minimum atomic E-state index is 0.484. The van der Waals surface area contributed by atoms with Gasteiger partial charge < -0.3 is 14.6 Å². The average Bonchev–Trinajstić information content (AvgIpc) is 2.83. The van der Waals surface area contributed by atoms with E-state index in [2.05, 4.69) is 47.9 Å². The summed E-state index contributed by atoms with van der Waals surface area (Å²) >= 11 is 0. The van der Waals surface area contributed by atoms with E-state index in [0.29, 0.717) is 6.04 Å². The summed E-state index contributed by atoms with van der Waals surface area (Å²) in [7, 11) is 0. The van der Waals surface area contributed by atoms with Crippen LogP contribution in [0.4, 0.5) is 0 Å². The third-order valence-electron chi connectivity index (χ3n) is 3.54. The first-order valence-electron chi connectivity index (χ1n) is 7.96. The summed E-state index contributed by atoms with van der Waals surface area (Å²) < 4.78 is 7.88. The molecule has 2 rings (SSSR count). The molecule has 4 nitrogen and oxygen atoms in total. The van der Waals surface area contributed by atoms with Gasteiger partial charge in [0.15, 0.2) is 0 Å². The van der Waals surface area contributed by atoms with Gasteiger partial charge in [-0.3, -0.25) is 0 Å². The molecule has 0 saturated heterocycles. The summed E-state index contributed by atoms with van der Waals surface area (Å²) in [4.78, 5) is 4.52. The Kier molecular flexibility index (Phi) is 6.21. The van der Waals surface area contributed by atoms with Crippen LogP contribution in [-0.2, 0) is 17.8 Å². The van der Waals surface area contributed by atoms with E-state index in [1.54, 1.807) is 0 Å². The van der Waals surface area contributed by atoms with Crippen molar-refractivity contribution in [3.05, 3.63) is 30.1 Å². The van der Waals surface area contributed by atoms with Crippen molar-refractivity contribution >= 4 is 11.0 Å². The number of rotatable bonds is 9. The molecule has 0 aromatic carbocycles. The number of unbranched alkanes of at least 4 members (excludes halogenated alkanes) is 1. The van der Waals surface area contributed by atoms with Crippen LogP contribution in [0.3, 0.4) is 0 Å². The molecule has 2 aromatic heterocycles. The summed E-state index contributed by atoms with van der Waals surface area (Å²) in [5, 5.41) is 4.71. The van der Waals surface area contributed by atoms with Gasteiger partial charge in [0.05, 0.1) is 6.61 Å². The van der Waals surface area contributed by atoms with Crippen molar-refractivity contribution in [3.63, 3.8) is 0 Å². The van der Waals surface area contributed by atoms with Crippen LogP contribution in [0.25, 0.3) is 11.0 Å². The second-order valence-electron chi connectivity index (χ2n) is 5.72. The molecule has 21 heavy (non-hydrogen) atoms. The number of hydrogen-bond acceptors (Lipinski definition) is 3. The van der Waals surface area contributed by atoms with E-state index in [1.807, 2.05) is 12.3 Å². The highest BCUT2D eigenvalue weighted by Gasteiger charge is 2.09. The smallest absolute Gasteiger partial charge is 0.140 e. The number of hydrogen-bond donors (Lipinski definition) is 1. The van der Waals surface area contributed by atoms with Gasteiger partial charge in [-0.15, -0.1) is 0 Å². The summed E-state index contributed by atoms with van der Waals surface area (Å²) in [6.07, 6.45) is 6.37. The first-order valence-corrected chi connectivity index (χ1v) is 7.96. The maximum absolute atomic E-state index is 5.67. The van der Waals surface area contributed by atoms with Crippen molar-refractivity contribution in [2.24, 2.45) is 0 Å². The van der Waals surface area contributed by atoms with Crippen LogP contribution in [0.15, 0.2) is 24.5 Å². The number of nitrogens with zero attached hydrogens (tertiary/aromatic N) is 2. The Morgan fingerprint density at radius 2 is 2.19 bits per heavy atom. The molecule has 0 bridgehead atoms. The lowest BCUT2D eigenvalue weighted by Crippen LogP contribution is -2.21. The van der Waals surface area contributed by atoms with Crippen LogP contribution in [0.2, 0.25) is 0 Å². The molecule has 0 atom stereocenters. The molecule has 0 unspecified atom stereocenters. The van der Waals surface area contributed by atoms with Gasteiger partial charge in [0, 0.05) is 43.5 Å². The third kappa shape index (κ3) is 4.55. The largest absolute Gasteiger partial charge is 0.380 e. The predicted octanol–water partition coefficient (Wildman–Crippen LogP) is 3.35. The van der Waals surface area contributed by atoms with Gasteiger partial charge in [-0.05, 0) is 24.1 Å². The number of nitrogens with one attached hydrogen (secondary N) is 1. The topological polar surface area (TPSA) is 39.1 Å². The summed E-state index contributed by atoms with van der Waals surface area (Å²) in [5.41, 5.74) is 2.36. The molecule has 0 aliphatic heterocycles. The van der Waals surface area contributed by atoms with Crippen LogP contribution >= 0.6 is 0 Å². The van der Waals surface area contributed by atoms with E-state index in [9.17, 15) is 0 Å². The van der Waals surface area contributed by atoms with Gasteiger partial charge in [-0.1, -0.05) is 27.2 Å². The Morgan fingerprint density at radius 3 is 2.95 bits per heavy atom. The van der Waals surface area contributed by atoms with Crippen molar-refractivity contribution < 1.29 is 4.74 Å². The van der Waals surface area contributed by atoms with Gasteiger partial charge in [0.2, 0.25) is 0 Å². The van der Waals surface area contributed by atoms with Crippen molar-refractivity contribution in [1.29, 1.82) is 0 Å². The molecule has 0 aliphatic rings. The first-order chi connectivity index (χ1) is 10.2. The zero-order valence-electron chi connectivity index (χ0n) is 13.4. The van der Waals surface area contributed by atoms with Gasteiger partial charge in [-0.25, -0.2) is 4.98 Å². The van der Waals surface area contributed by atoms with E-state index < -0.39 is 0 Å². The van der Waals surface area contributed by atoms with Crippen molar-refractivity contribution in [2.75, 3.05) is 13.2 Å². The molecule has 0 fully saturated rings. The molecule has 2 heterocycles. The first kappa shape index (κ1) is 16.0. The van der Waals surface area contributed by atoms with E-state index in [4.69, 9.17) is 4.74 Å². The highest BCUT2D eigenvalue weighted by Crippen LogP contribution is 2.19. The van der Waals surface area contributed by atoms with Crippen LogP contribution in [-0.4, -0.2) is 28.8 Å². The van der Waals surface area contributed by atoms with E-state index >= 15 is 0 Å². The molecule has 0 saturated carbocycles. The summed E-state index contributed by atoms with van der Waals surface area (Å²) in [6.45, 7) is 9.85. The third-order valence-corrected chi connectivity index (χ3v) is 3.54. The molecule has 0 spiro atoms. The molecule has 1 N–H and O–H groups in total. The van der Waals surface area contributed by atoms with Crippen molar-refractivity contribution in [1.82, 2.24) is 14.9 Å².